The number of carbonyl (C=O) groups is 1. The number of furan rings is 1. The van der Waals surface area contributed by atoms with Crippen LogP contribution >= 0.6 is 11.8 Å². The van der Waals surface area contributed by atoms with Gasteiger partial charge in [0.2, 0.25) is 5.91 Å². The van der Waals surface area contributed by atoms with Crippen molar-refractivity contribution in [3.8, 4) is 11.5 Å². The second-order valence-electron chi connectivity index (χ2n) is 8.30. The lowest BCUT2D eigenvalue weighted by Crippen LogP contribution is -2.15. The molecule has 0 aliphatic carbocycles. The maximum Gasteiger partial charge on any atom is 0.234 e. The van der Waals surface area contributed by atoms with Crippen LogP contribution in [0.4, 0.5) is 5.69 Å². The summed E-state index contributed by atoms with van der Waals surface area (Å²) in [5, 5.41) is 12.1. The van der Waals surface area contributed by atoms with E-state index in [1.54, 1.807) is 6.26 Å². The first-order chi connectivity index (χ1) is 18.7. The quantitative estimate of drug-likeness (QED) is 0.205. The summed E-state index contributed by atoms with van der Waals surface area (Å²) in [6, 6.07) is 30.5. The van der Waals surface area contributed by atoms with Crippen LogP contribution < -0.4 is 14.8 Å². The first-order valence-electron chi connectivity index (χ1n) is 12.0. The van der Waals surface area contributed by atoms with Crippen LogP contribution in [0.3, 0.4) is 0 Å². The van der Waals surface area contributed by atoms with Gasteiger partial charge in [0.1, 0.15) is 30.5 Å². The fourth-order valence-electron chi connectivity index (χ4n) is 3.62. The Morgan fingerprint density at radius 2 is 1.53 bits per heavy atom. The van der Waals surface area contributed by atoms with Crippen molar-refractivity contribution < 1.29 is 18.7 Å². The Morgan fingerprint density at radius 3 is 2.26 bits per heavy atom. The number of carbonyl (C=O) groups excluding carboxylic acids is 1. The Bertz CT molecular complexity index is 1420. The highest BCUT2D eigenvalue weighted by Crippen LogP contribution is 2.22. The molecule has 1 N–H and O–H groups in total. The summed E-state index contributed by atoms with van der Waals surface area (Å²) in [5.41, 5.74) is 1.79. The molecule has 2 aromatic heterocycles. The molecular weight excluding hydrogens is 500 g/mol. The van der Waals surface area contributed by atoms with E-state index in [4.69, 9.17) is 13.9 Å². The predicted octanol–water partition coefficient (Wildman–Crippen LogP) is 5.81. The maximum absolute atomic E-state index is 12.7. The lowest BCUT2D eigenvalue weighted by Gasteiger charge is -2.10. The number of aromatic nitrogens is 3. The van der Waals surface area contributed by atoms with Crippen LogP contribution in [0.1, 0.15) is 17.1 Å². The molecule has 8 nitrogen and oxygen atoms in total. The van der Waals surface area contributed by atoms with Gasteiger partial charge in [0, 0.05) is 5.69 Å². The number of ether oxygens (including phenoxy) is 2. The molecule has 0 fully saturated rings. The molecule has 5 rings (SSSR count). The highest BCUT2D eigenvalue weighted by Gasteiger charge is 2.16. The van der Waals surface area contributed by atoms with Gasteiger partial charge in [0.15, 0.2) is 11.0 Å². The smallest absolute Gasteiger partial charge is 0.234 e. The van der Waals surface area contributed by atoms with Gasteiger partial charge in [-0.2, -0.15) is 0 Å². The van der Waals surface area contributed by atoms with E-state index in [9.17, 15) is 4.79 Å². The number of amides is 1. The van der Waals surface area contributed by atoms with Crippen molar-refractivity contribution >= 4 is 23.4 Å². The molecule has 38 heavy (non-hydrogen) atoms. The molecular formula is C29H26N4O4S. The fourth-order valence-corrected chi connectivity index (χ4v) is 4.37. The zero-order valence-electron chi connectivity index (χ0n) is 20.5. The molecule has 0 radical (unpaired) electrons. The number of hydrogen-bond acceptors (Lipinski definition) is 7. The van der Waals surface area contributed by atoms with Crippen LogP contribution in [0.5, 0.6) is 11.5 Å². The summed E-state index contributed by atoms with van der Waals surface area (Å²) in [7, 11) is 0. The Hall–Kier alpha value is -4.50. The van der Waals surface area contributed by atoms with Crippen LogP contribution in [0.15, 0.2) is 113 Å². The van der Waals surface area contributed by atoms with Gasteiger partial charge in [-0.1, -0.05) is 60.3 Å². The van der Waals surface area contributed by atoms with E-state index in [1.807, 2.05) is 102 Å². The van der Waals surface area contributed by atoms with Gasteiger partial charge < -0.3 is 19.2 Å². The van der Waals surface area contributed by atoms with Crippen molar-refractivity contribution in [3.63, 3.8) is 0 Å². The molecule has 9 heteroatoms. The lowest BCUT2D eigenvalue weighted by atomic mass is 10.2. The average molecular weight is 527 g/mol. The third-order valence-electron chi connectivity index (χ3n) is 5.52. The molecule has 2 heterocycles. The Morgan fingerprint density at radius 1 is 0.816 bits per heavy atom. The summed E-state index contributed by atoms with van der Waals surface area (Å²) >= 11 is 1.30. The number of nitrogens with one attached hydrogen (secondary N) is 1. The van der Waals surface area contributed by atoms with E-state index in [1.165, 1.54) is 11.8 Å². The van der Waals surface area contributed by atoms with E-state index < -0.39 is 0 Å². The van der Waals surface area contributed by atoms with E-state index in [2.05, 4.69) is 15.5 Å². The molecule has 0 spiro atoms. The summed E-state index contributed by atoms with van der Waals surface area (Å²) in [6.45, 7) is 1.16. The number of thioether (sulfide) groups is 1. The number of anilines is 1. The molecule has 0 bridgehead atoms. The Balaban J connectivity index is 1.17. The molecule has 0 atom stereocenters. The zero-order valence-corrected chi connectivity index (χ0v) is 21.3. The first kappa shape index (κ1) is 25.2. The Labute approximate surface area is 224 Å². The third kappa shape index (κ3) is 7.04. The minimum Gasteiger partial charge on any atom is -0.489 e. The van der Waals surface area contributed by atoms with Gasteiger partial charge in [-0.25, -0.2) is 0 Å². The van der Waals surface area contributed by atoms with Crippen LogP contribution in [0.2, 0.25) is 0 Å². The van der Waals surface area contributed by atoms with E-state index in [-0.39, 0.29) is 18.3 Å². The minimum absolute atomic E-state index is 0.150. The van der Waals surface area contributed by atoms with Crippen molar-refractivity contribution in [1.82, 2.24) is 14.8 Å². The van der Waals surface area contributed by atoms with Gasteiger partial charge in [-0.3, -0.25) is 9.36 Å². The van der Waals surface area contributed by atoms with Crippen molar-refractivity contribution in [2.24, 2.45) is 0 Å². The third-order valence-corrected chi connectivity index (χ3v) is 6.48. The molecule has 5 aromatic rings. The van der Waals surface area contributed by atoms with Gasteiger partial charge in [0.05, 0.1) is 18.6 Å². The van der Waals surface area contributed by atoms with Gasteiger partial charge in [-0.15, -0.1) is 10.2 Å². The van der Waals surface area contributed by atoms with Gasteiger partial charge >= 0.3 is 0 Å². The first-order valence-corrected chi connectivity index (χ1v) is 13.0. The standard InChI is InChI=1S/C29H26N4O4S/c34-28(30-23-13-15-25(16-14-23)36-19-22-8-3-1-4-9-22)21-38-29-32-31-27(20-37-24-10-5-2-6-11-24)33(29)18-26-12-7-17-35-26/h1-17H,18-21H2,(H,30,34). The van der Waals surface area contributed by atoms with Crippen LogP contribution in [-0.4, -0.2) is 26.4 Å². The largest absolute Gasteiger partial charge is 0.489 e. The normalized spacial score (nSPS) is 10.7. The van der Waals surface area contributed by atoms with Gasteiger partial charge in [0.25, 0.3) is 0 Å². The molecule has 0 aliphatic heterocycles. The van der Waals surface area contributed by atoms with E-state index in [0.717, 1.165) is 22.8 Å². The SMILES string of the molecule is O=C(CSc1nnc(COc2ccccc2)n1Cc1ccco1)Nc1ccc(OCc2ccccc2)cc1. The van der Waals surface area contributed by atoms with Crippen LogP contribution in [-0.2, 0) is 24.6 Å². The molecule has 0 unspecified atom stereocenters. The molecule has 0 saturated carbocycles. The monoisotopic (exact) mass is 526 g/mol. The van der Waals surface area contributed by atoms with E-state index >= 15 is 0 Å². The molecule has 1 amide bonds. The molecule has 192 valence electrons. The number of rotatable bonds is 12. The number of nitrogens with zero attached hydrogens (tertiary/aromatic N) is 3. The maximum atomic E-state index is 12.7. The minimum atomic E-state index is -0.150. The topological polar surface area (TPSA) is 91.4 Å². The number of benzene rings is 3. The summed E-state index contributed by atoms with van der Waals surface area (Å²) < 4.78 is 19.1. The highest BCUT2D eigenvalue weighted by molar-refractivity contribution is 7.99. The van der Waals surface area contributed by atoms with Crippen LogP contribution in [0.25, 0.3) is 0 Å². The van der Waals surface area contributed by atoms with Crippen molar-refractivity contribution in [1.29, 1.82) is 0 Å². The predicted molar refractivity (Wildman–Crippen MR) is 145 cm³/mol. The summed E-state index contributed by atoms with van der Waals surface area (Å²) in [4.78, 5) is 12.7. The Kier molecular flexibility index (Phi) is 8.37. The number of hydrogen-bond donors (Lipinski definition) is 1. The van der Waals surface area contributed by atoms with Gasteiger partial charge in [-0.05, 0) is 54.1 Å². The highest BCUT2D eigenvalue weighted by atomic mass is 32.2. The second kappa shape index (κ2) is 12.6. The summed E-state index contributed by atoms with van der Waals surface area (Å²) in [5.74, 6) is 2.89. The molecule has 3 aromatic carbocycles. The molecule has 0 saturated heterocycles. The van der Waals surface area contributed by atoms with Crippen molar-refractivity contribution in [3.05, 3.63) is 120 Å². The van der Waals surface area contributed by atoms with Crippen molar-refractivity contribution in [2.45, 2.75) is 24.9 Å². The van der Waals surface area contributed by atoms with E-state index in [0.29, 0.717) is 29.8 Å². The number of para-hydroxylation sites is 1. The average Bonchev–Trinajstić information content (AvgIpc) is 3.62. The zero-order chi connectivity index (χ0) is 26.0. The van der Waals surface area contributed by atoms with Crippen LogP contribution in [0, 0.1) is 0 Å². The summed E-state index contributed by atoms with van der Waals surface area (Å²) in [6.07, 6.45) is 1.62. The van der Waals surface area contributed by atoms with Crippen molar-refractivity contribution in [2.75, 3.05) is 11.1 Å². The second-order valence-corrected chi connectivity index (χ2v) is 9.24. The lowest BCUT2D eigenvalue weighted by molar-refractivity contribution is -0.113. The fraction of sp³-hybridized carbons (Fsp3) is 0.138. The molecule has 0 aliphatic rings.